The summed E-state index contributed by atoms with van der Waals surface area (Å²) in [5.74, 6) is 0.239. The highest BCUT2D eigenvalue weighted by atomic mass is 79.9. The average Bonchev–Trinajstić information content (AvgIpc) is 3.51. The molecule has 8 heteroatoms. The maximum atomic E-state index is 11.6. The maximum absolute atomic E-state index is 11.6. The van der Waals surface area contributed by atoms with E-state index in [1.54, 1.807) is 23.8 Å². The Balaban J connectivity index is 1.57. The molecule has 1 aliphatic rings. The van der Waals surface area contributed by atoms with Crippen LogP contribution >= 0.6 is 15.9 Å². The minimum absolute atomic E-state index is 0.251. The third-order valence-corrected chi connectivity index (χ3v) is 6.10. The molecule has 4 aromatic rings. The fourth-order valence-electron chi connectivity index (χ4n) is 3.94. The number of rotatable bonds is 4. The van der Waals surface area contributed by atoms with Crippen molar-refractivity contribution in [3.63, 3.8) is 0 Å². The summed E-state index contributed by atoms with van der Waals surface area (Å²) in [6.45, 7) is 1.98. The van der Waals surface area contributed by atoms with Gasteiger partial charge in [-0.2, -0.15) is 0 Å². The van der Waals surface area contributed by atoms with Gasteiger partial charge in [0.1, 0.15) is 11.5 Å². The third-order valence-electron chi connectivity index (χ3n) is 5.63. The van der Waals surface area contributed by atoms with Gasteiger partial charge in [-0.05, 0) is 71.6 Å². The van der Waals surface area contributed by atoms with E-state index in [1.807, 2.05) is 47.9 Å². The Bertz CT molecular complexity index is 1280. The number of nitrogens with zero attached hydrogens (tertiary/aromatic N) is 4. The predicted octanol–water partition coefficient (Wildman–Crippen LogP) is 4.06. The van der Waals surface area contributed by atoms with E-state index >= 15 is 0 Å². The summed E-state index contributed by atoms with van der Waals surface area (Å²) >= 11 is 3.53. The fraction of sp³-hybridized carbons (Fsp3) is 0.182. The summed E-state index contributed by atoms with van der Waals surface area (Å²) in [6.07, 6.45) is 5.67. The second kappa shape index (κ2) is 7.00. The van der Waals surface area contributed by atoms with E-state index in [0.29, 0.717) is 5.56 Å². The Morgan fingerprint density at radius 3 is 2.60 bits per heavy atom. The molecule has 0 aliphatic heterocycles. The highest BCUT2D eigenvalue weighted by Gasteiger charge is 2.48. The zero-order chi connectivity index (χ0) is 20.9. The molecule has 0 radical (unpaired) electrons. The number of aryl methyl sites for hydroxylation is 1. The van der Waals surface area contributed by atoms with Gasteiger partial charge in [0, 0.05) is 22.4 Å². The molecule has 0 spiro atoms. The van der Waals surface area contributed by atoms with Crippen molar-refractivity contribution in [3.8, 4) is 11.4 Å². The molecule has 3 aromatic heterocycles. The molecule has 1 aliphatic carbocycles. The standard InChI is InChI=1S/C22H18BrN5O2/c1-13-19(28-12-16(23)6-7-18(28)25-13)17-8-11-24-21(26-17)22(9-10-22)15-4-2-14(3-5-15)20(29)27-30/h2-8,11-12,30H,9-10H2,1H3,(H,27,29). The van der Waals surface area contributed by atoms with Crippen LogP contribution in [0.4, 0.5) is 0 Å². The molecule has 5 rings (SSSR count). The summed E-state index contributed by atoms with van der Waals surface area (Å²) < 4.78 is 3.00. The van der Waals surface area contributed by atoms with Crippen molar-refractivity contribution >= 4 is 27.5 Å². The Hall–Kier alpha value is -3.10. The van der Waals surface area contributed by atoms with Crippen LogP contribution in [0.5, 0.6) is 0 Å². The van der Waals surface area contributed by atoms with Gasteiger partial charge in [-0.25, -0.2) is 20.4 Å². The number of carbonyl (C=O) groups excluding carboxylic acids is 1. The highest BCUT2D eigenvalue weighted by molar-refractivity contribution is 9.10. The molecule has 1 saturated carbocycles. The number of amides is 1. The first kappa shape index (κ1) is 18.9. The van der Waals surface area contributed by atoms with Crippen LogP contribution in [-0.4, -0.2) is 30.5 Å². The quantitative estimate of drug-likeness (QED) is 0.351. The highest BCUT2D eigenvalue weighted by Crippen LogP contribution is 2.52. The number of hydrogen-bond donors (Lipinski definition) is 2. The molecule has 0 saturated heterocycles. The lowest BCUT2D eigenvalue weighted by molar-refractivity contribution is 0.0706. The number of pyridine rings is 1. The zero-order valence-corrected chi connectivity index (χ0v) is 17.7. The minimum atomic E-state index is -0.529. The Morgan fingerprint density at radius 1 is 1.13 bits per heavy atom. The molecule has 30 heavy (non-hydrogen) atoms. The molecular formula is C22H18BrN5O2. The predicted molar refractivity (Wildman–Crippen MR) is 114 cm³/mol. The van der Waals surface area contributed by atoms with Crippen molar-refractivity contribution in [3.05, 3.63) is 82.0 Å². The first-order valence-corrected chi connectivity index (χ1v) is 10.3. The molecule has 0 unspecified atom stereocenters. The molecule has 0 bridgehead atoms. The number of hydrogen-bond acceptors (Lipinski definition) is 5. The first-order chi connectivity index (χ1) is 14.5. The van der Waals surface area contributed by atoms with Crippen LogP contribution in [0.25, 0.3) is 17.0 Å². The van der Waals surface area contributed by atoms with E-state index in [1.165, 1.54) is 0 Å². The average molecular weight is 464 g/mol. The molecule has 0 atom stereocenters. The van der Waals surface area contributed by atoms with Gasteiger partial charge in [0.15, 0.2) is 0 Å². The number of imidazole rings is 1. The van der Waals surface area contributed by atoms with Gasteiger partial charge in [-0.3, -0.25) is 14.4 Å². The zero-order valence-electron chi connectivity index (χ0n) is 16.1. The summed E-state index contributed by atoms with van der Waals surface area (Å²) in [6, 6.07) is 13.1. The number of benzene rings is 1. The van der Waals surface area contributed by atoms with E-state index < -0.39 is 5.91 Å². The van der Waals surface area contributed by atoms with Crippen LogP contribution in [0, 0.1) is 6.92 Å². The van der Waals surface area contributed by atoms with Gasteiger partial charge in [0.25, 0.3) is 5.91 Å². The third kappa shape index (κ3) is 3.00. The van der Waals surface area contributed by atoms with Crippen LogP contribution in [0.3, 0.4) is 0 Å². The van der Waals surface area contributed by atoms with Crippen LogP contribution in [0.1, 0.15) is 40.3 Å². The van der Waals surface area contributed by atoms with Gasteiger partial charge in [0.05, 0.1) is 22.5 Å². The Kier molecular flexibility index (Phi) is 4.41. The van der Waals surface area contributed by atoms with E-state index in [0.717, 1.165) is 51.4 Å². The van der Waals surface area contributed by atoms with Crippen molar-refractivity contribution in [1.82, 2.24) is 24.8 Å². The second-order valence-corrected chi connectivity index (χ2v) is 8.40. The molecule has 2 N–H and O–H groups in total. The van der Waals surface area contributed by atoms with Crippen molar-refractivity contribution in [2.75, 3.05) is 0 Å². The summed E-state index contributed by atoms with van der Waals surface area (Å²) in [7, 11) is 0. The molecule has 3 heterocycles. The van der Waals surface area contributed by atoms with Crippen LogP contribution < -0.4 is 5.48 Å². The number of nitrogens with one attached hydrogen (secondary N) is 1. The molecule has 1 fully saturated rings. The van der Waals surface area contributed by atoms with Gasteiger partial charge >= 0.3 is 0 Å². The number of aromatic nitrogens is 4. The monoisotopic (exact) mass is 463 g/mol. The van der Waals surface area contributed by atoms with E-state index in [2.05, 4.69) is 25.9 Å². The van der Waals surface area contributed by atoms with Gasteiger partial charge in [-0.15, -0.1) is 0 Å². The number of halogens is 1. The number of fused-ring (bicyclic) bond motifs is 1. The topological polar surface area (TPSA) is 92.4 Å². The van der Waals surface area contributed by atoms with Crippen molar-refractivity contribution in [2.45, 2.75) is 25.2 Å². The largest absolute Gasteiger partial charge is 0.297 e. The van der Waals surface area contributed by atoms with Gasteiger partial charge in [0.2, 0.25) is 0 Å². The lowest BCUT2D eigenvalue weighted by atomic mass is 9.93. The van der Waals surface area contributed by atoms with E-state index in [9.17, 15) is 4.79 Å². The van der Waals surface area contributed by atoms with E-state index in [4.69, 9.17) is 10.2 Å². The molecular weight excluding hydrogens is 446 g/mol. The van der Waals surface area contributed by atoms with Crippen LogP contribution in [-0.2, 0) is 5.41 Å². The van der Waals surface area contributed by atoms with Crippen molar-refractivity contribution in [2.24, 2.45) is 0 Å². The SMILES string of the molecule is Cc1nc2ccc(Br)cn2c1-c1ccnc(C2(c3ccc(C(=O)NO)cc3)CC2)n1. The van der Waals surface area contributed by atoms with Gasteiger partial charge in [-0.1, -0.05) is 12.1 Å². The number of carbonyl (C=O) groups is 1. The van der Waals surface area contributed by atoms with Crippen molar-refractivity contribution in [1.29, 1.82) is 0 Å². The smallest absolute Gasteiger partial charge is 0.274 e. The maximum Gasteiger partial charge on any atom is 0.274 e. The Labute approximate surface area is 180 Å². The van der Waals surface area contributed by atoms with Gasteiger partial charge < -0.3 is 0 Å². The Morgan fingerprint density at radius 2 is 1.90 bits per heavy atom. The van der Waals surface area contributed by atoms with E-state index in [-0.39, 0.29) is 5.41 Å². The summed E-state index contributed by atoms with van der Waals surface area (Å²) in [5.41, 5.74) is 6.41. The summed E-state index contributed by atoms with van der Waals surface area (Å²) in [5, 5.41) is 8.81. The molecule has 150 valence electrons. The minimum Gasteiger partial charge on any atom is -0.297 e. The fourth-order valence-corrected chi connectivity index (χ4v) is 4.27. The molecule has 1 amide bonds. The first-order valence-electron chi connectivity index (χ1n) is 9.55. The molecule has 7 nitrogen and oxygen atoms in total. The lowest BCUT2D eigenvalue weighted by Crippen LogP contribution is -2.19. The van der Waals surface area contributed by atoms with Crippen LogP contribution in [0.15, 0.2) is 59.3 Å². The number of hydroxylamine groups is 1. The molecule has 1 aromatic carbocycles. The summed E-state index contributed by atoms with van der Waals surface area (Å²) in [4.78, 5) is 25.8. The second-order valence-electron chi connectivity index (χ2n) is 7.49. The van der Waals surface area contributed by atoms with Crippen molar-refractivity contribution < 1.29 is 10.0 Å². The van der Waals surface area contributed by atoms with Crippen LogP contribution in [0.2, 0.25) is 0 Å². The lowest BCUT2D eigenvalue weighted by Gasteiger charge is -2.16. The normalized spacial score (nSPS) is 14.6.